The summed E-state index contributed by atoms with van der Waals surface area (Å²) in [6.45, 7) is 2.36. The molecule has 112 valence electrons. The van der Waals surface area contributed by atoms with Crippen molar-refractivity contribution in [1.29, 1.82) is 0 Å². The van der Waals surface area contributed by atoms with Crippen LogP contribution in [-0.2, 0) is 16.1 Å². The first-order valence-corrected chi connectivity index (χ1v) is 7.08. The maximum absolute atomic E-state index is 12.4. The van der Waals surface area contributed by atoms with Crippen LogP contribution in [0, 0.1) is 0 Å². The van der Waals surface area contributed by atoms with Crippen molar-refractivity contribution >= 4 is 5.97 Å². The molecular weight excluding hydrogens is 272 g/mol. The van der Waals surface area contributed by atoms with E-state index < -0.39 is 5.54 Å². The van der Waals surface area contributed by atoms with E-state index in [1.54, 1.807) is 0 Å². The molecule has 2 atom stereocenters. The first kappa shape index (κ1) is 12.9. The van der Waals surface area contributed by atoms with Crippen molar-refractivity contribution in [3.63, 3.8) is 0 Å². The fourth-order valence-electron chi connectivity index (χ4n) is 3.80. The van der Waals surface area contributed by atoms with Gasteiger partial charge in [-0.3, -0.25) is 5.32 Å². The maximum atomic E-state index is 12.4. The van der Waals surface area contributed by atoms with Gasteiger partial charge in [0.1, 0.15) is 5.54 Å². The van der Waals surface area contributed by atoms with Gasteiger partial charge in [-0.1, -0.05) is 0 Å². The molecule has 0 saturated carbocycles. The Labute approximate surface area is 123 Å². The van der Waals surface area contributed by atoms with E-state index in [2.05, 4.69) is 10.2 Å². The van der Waals surface area contributed by atoms with E-state index in [4.69, 9.17) is 14.2 Å². The predicted octanol–water partition coefficient (Wildman–Crippen LogP) is 0.459. The minimum Gasteiger partial charge on any atom is -0.468 e. The number of hydrogen-bond donors (Lipinski definition) is 1. The van der Waals surface area contributed by atoms with Gasteiger partial charge in [-0.05, 0) is 30.3 Å². The minimum absolute atomic E-state index is 0.0631. The number of methoxy groups -OCH3 is 1. The number of nitrogens with one attached hydrogen (secondary N) is 1. The second-order valence-corrected chi connectivity index (χ2v) is 5.97. The summed E-state index contributed by atoms with van der Waals surface area (Å²) < 4.78 is 16.0. The molecule has 1 aromatic rings. The Balaban J connectivity index is 1.83. The Morgan fingerprint density at radius 2 is 2.19 bits per heavy atom. The second kappa shape index (κ2) is 4.35. The van der Waals surface area contributed by atoms with Crippen LogP contribution in [0.5, 0.6) is 11.5 Å². The van der Waals surface area contributed by atoms with Gasteiger partial charge in [-0.2, -0.15) is 0 Å². The predicted molar refractivity (Wildman–Crippen MR) is 74.4 cm³/mol. The van der Waals surface area contributed by atoms with E-state index in [9.17, 15) is 4.79 Å². The molecule has 0 unspecified atom stereocenters. The third-order valence-corrected chi connectivity index (χ3v) is 4.76. The van der Waals surface area contributed by atoms with Gasteiger partial charge in [0.15, 0.2) is 11.5 Å². The number of nitrogens with zero attached hydrogens (tertiary/aromatic N) is 1. The Bertz CT molecular complexity index is 618. The van der Waals surface area contributed by atoms with Gasteiger partial charge in [0, 0.05) is 25.6 Å². The number of likely N-dealkylation sites (N-methyl/N-ethyl adjacent to an activating group) is 1. The Morgan fingerprint density at radius 3 is 2.95 bits per heavy atom. The third kappa shape index (κ3) is 1.69. The summed E-state index contributed by atoms with van der Waals surface area (Å²) in [7, 11) is 3.47. The second-order valence-electron chi connectivity index (χ2n) is 5.97. The van der Waals surface area contributed by atoms with E-state index in [1.807, 2.05) is 19.2 Å². The standard InChI is InChI=1S/C15H18N2O4/c1-17-6-11-10-4-13-12(20-8-21-13)3-9(10)5-16-15(11,7-17)14(18)19-2/h3-4,11,16H,5-8H2,1-2H3/t11-,15-/m1/s1. The van der Waals surface area contributed by atoms with Gasteiger partial charge in [0.05, 0.1) is 7.11 Å². The lowest BCUT2D eigenvalue weighted by atomic mass is 9.76. The highest BCUT2D eigenvalue weighted by Gasteiger charge is 2.55. The van der Waals surface area contributed by atoms with Crippen LogP contribution in [-0.4, -0.2) is 50.4 Å². The molecular formula is C15H18N2O4. The Hall–Kier alpha value is -1.79. The quantitative estimate of drug-likeness (QED) is 0.758. The number of ether oxygens (including phenoxy) is 3. The summed E-state index contributed by atoms with van der Waals surface area (Å²) in [6, 6.07) is 4.05. The average molecular weight is 290 g/mol. The fraction of sp³-hybridized carbons (Fsp3) is 0.533. The van der Waals surface area contributed by atoms with Crippen LogP contribution in [0.15, 0.2) is 12.1 Å². The zero-order chi connectivity index (χ0) is 14.6. The summed E-state index contributed by atoms with van der Waals surface area (Å²) in [4.78, 5) is 14.6. The van der Waals surface area contributed by atoms with Crippen molar-refractivity contribution in [2.24, 2.45) is 0 Å². The van der Waals surface area contributed by atoms with Gasteiger partial charge in [-0.15, -0.1) is 0 Å². The number of fused-ring (bicyclic) bond motifs is 4. The fourth-order valence-corrected chi connectivity index (χ4v) is 3.80. The maximum Gasteiger partial charge on any atom is 0.328 e. The lowest BCUT2D eigenvalue weighted by molar-refractivity contribution is -0.149. The monoisotopic (exact) mass is 290 g/mol. The highest BCUT2D eigenvalue weighted by molar-refractivity contribution is 5.84. The number of benzene rings is 1. The molecule has 3 heterocycles. The molecule has 0 bridgehead atoms. The summed E-state index contributed by atoms with van der Waals surface area (Å²) >= 11 is 0. The third-order valence-electron chi connectivity index (χ3n) is 4.76. The van der Waals surface area contributed by atoms with Gasteiger partial charge in [0.25, 0.3) is 0 Å². The van der Waals surface area contributed by atoms with E-state index in [-0.39, 0.29) is 18.7 Å². The average Bonchev–Trinajstić information content (AvgIpc) is 3.07. The highest BCUT2D eigenvalue weighted by atomic mass is 16.7. The van der Waals surface area contributed by atoms with Crippen LogP contribution < -0.4 is 14.8 Å². The molecule has 0 spiro atoms. The van der Waals surface area contributed by atoms with E-state index in [0.717, 1.165) is 23.6 Å². The molecule has 1 saturated heterocycles. The van der Waals surface area contributed by atoms with Crippen LogP contribution >= 0.6 is 0 Å². The topological polar surface area (TPSA) is 60.0 Å². The summed E-state index contributed by atoms with van der Waals surface area (Å²) in [5.41, 5.74) is 1.66. The molecule has 0 aromatic heterocycles. The SMILES string of the molecule is COC(=O)[C@@]12CN(C)C[C@@H]1c1cc3c(cc1CN2)OCO3. The van der Waals surface area contributed by atoms with Crippen molar-refractivity contribution in [3.8, 4) is 11.5 Å². The summed E-state index contributed by atoms with van der Waals surface area (Å²) in [5, 5.41) is 3.41. The number of carbonyl (C=O) groups excluding carboxylic acids is 1. The molecule has 1 fully saturated rings. The van der Waals surface area contributed by atoms with Gasteiger partial charge >= 0.3 is 5.97 Å². The van der Waals surface area contributed by atoms with Gasteiger partial charge in [0.2, 0.25) is 6.79 Å². The molecule has 0 radical (unpaired) electrons. The first-order valence-electron chi connectivity index (χ1n) is 7.08. The number of hydrogen-bond acceptors (Lipinski definition) is 6. The highest BCUT2D eigenvalue weighted by Crippen LogP contribution is 2.45. The van der Waals surface area contributed by atoms with Crippen LogP contribution in [0.2, 0.25) is 0 Å². The zero-order valence-corrected chi connectivity index (χ0v) is 12.1. The van der Waals surface area contributed by atoms with Crippen LogP contribution in [0.1, 0.15) is 17.0 Å². The number of carbonyl (C=O) groups is 1. The van der Waals surface area contributed by atoms with Crippen molar-refractivity contribution in [2.45, 2.75) is 18.0 Å². The van der Waals surface area contributed by atoms with Gasteiger partial charge < -0.3 is 19.1 Å². The molecule has 1 N–H and O–H groups in total. The van der Waals surface area contributed by atoms with Crippen molar-refractivity contribution in [3.05, 3.63) is 23.3 Å². The molecule has 0 amide bonds. The number of likely N-dealkylation sites (tertiary alicyclic amines) is 1. The van der Waals surface area contributed by atoms with E-state index in [1.165, 1.54) is 12.7 Å². The van der Waals surface area contributed by atoms with E-state index in [0.29, 0.717) is 13.1 Å². The normalized spacial score (nSPS) is 29.9. The molecule has 1 aromatic carbocycles. The van der Waals surface area contributed by atoms with E-state index >= 15 is 0 Å². The summed E-state index contributed by atoms with van der Waals surface area (Å²) in [6.07, 6.45) is 0. The van der Waals surface area contributed by atoms with Crippen LogP contribution in [0.25, 0.3) is 0 Å². The molecule has 4 rings (SSSR count). The molecule has 3 aliphatic heterocycles. The van der Waals surface area contributed by atoms with Crippen LogP contribution in [0.3, 0.4) is 0 Å². The smallest absolute Gasteiger partial charge is 0.328 e. The zero-order valence-electron chi connectivity index (χ0n) is 12.1. The first-order chi connectivity index (χ1) is 10.1. The molecule has 0 aliphatic carbocycles. The minimum atomic E-state index is -0.663. The lowest BCUT2D eigenvalue weighted by Gasteiger charge is -2.38. The van der Waals surface area contributed by atoms with Gasteiger partial charge in [-0.25, -0.2) is 4.79 Å². The van der Waals surface area contributed by atoms with Crippen molar-refractivity contribution in [1.82, 2.24) is 10.2 Å². The largest absolute Gasteiger partial charge is 0.468 e. The summed E-state index contributed by atoms with van der Waals surface area (Å²) in [5.74, 6) is 1.42. The van der Waals surface area contributed by atoms with Crippen molar-refractivity contribution in [2.75, 3.05) is 34.0 Å². The molecule has 21 heavy (non-hydrogen) atoms. The molecule has 6 heteroatoms. The number of esters is 1. The molecule has 6 nitrogen and oxygen atoms in total. The van der Waals surface area contributed by atoms with Crippen LogP contribution in [0.4, 0.5) is 0 Å². The Kier molecular flexibility index (Phi) is 2.68. The Morgan fingerprint density at radius 1 is 1.43 bits per heavy atom. The lowest BCUT2D eigenvalue weighted by Crippen LogP contribution is -2.59. The van der Waals surface area contributed by atoms with Crippen molar-refractivity contribution < 1.29 is 19.0 Å². The number of rotatable bonds is 1. The molecule has 3 aliphatic rings.